The van der Waals surface area contributed by atoms with Crippen LogP contribution in [-0.2, 0) is 9.53 Å². The third-order valence-electron chi connectivity index (χ3n) is 5.73. The Kier molecular flexibility index (Phi) is 8.97. The zero-order chi connectivity index (χ0) is 26.9. The van der Waals surface area contributed by atoms with E-state index in [0.717, 1.165) is 10.9 Å². The van der Waals surface area contributed by atoms with Crippen LogP contribution in [0, 0.1) is 3.57 Å². The monoisotopic (exact) mass is 760 g/mol. The molecule has 0 amide bonds. The summed E-state index contributed by atoms with van der Waals surface area (Å²) in [6.45, 7) is 3.96. The molecule has 0 fully saturated rings. The first-order valence-electron chi connectivity index (χ1n) is 11.4. The van der Waals surface area contributed by atoms with Crippen molar-refractivity contribution in [1.29, 1.82) is 0 Å². The molecule has 37 heavy (non-hydrogen) atoms. The van der Waals surface area contributed by atoms with Crippen molar-refractivity contribution in [2.75, 3.05) is 13.7 Å². The number of ether oxygens (including phenoxy) is 2. The largest absolute Gasteiger partial charge is 0.506 e. The number of phenolic OH excluding ortho intramolecular Hbond substituents is 1. The average Bonchev–Trinajstić information content (AvgIpc) is 3.16. The number of thiazole rings is 1. The van der Waals surface area contributed by atoms with Gasteiger partial charge in [0.1, 0.15) is 11.5 Å². The summed E-state index contributed by atoms with van der Waals surface area (Å²) in [5, 5.41) is 10.6. The standard InChI is InChI=1S/C26H23Br2IN2O5S/c1-4-6-18-21(25(34)36-5-2)22(13-7-8-19(35-3)16(28)10-13)31-24(33)20(37-26(31)30-18)11-14-9-15(27)12-17(29)23(14)32/h7-12,22,32H,4-6H2,1-3H3/b20-11+/t22-/m0/s1. The van der Waals surface area contributed by atoms with Crippen LogP contribution in [0.5, 0.6) is 11.5 Å². The number of benzene rings is 2. The second-order valence-electron chi connectivity index (χ2n) is 8.13. The number of phenols is 1. The Morgan fingerprint density at radius 3 is 2.68 bits per heavy atom. The van der Waals surface area contributed by atoms with Crippen LogP contribution in [0.25, 0.3) is 6.08 Å². The summed E-state index contributed by atoms with van der Waals surface area (Å²) < 4.78 is 14.9. The minimum Gasteiger partial charge on any atom is -0.506 e. The molecule has 0 saturated carbocycles. The van der Waals surface area contributed by atoms with Crippen molar-refractivity contribution in [3.8, 4) is 11.5 Å². The van der Waals surface area contributed by atoms with Crippen molar-refractivity contribution in [2.24, 2.45) is 4.99 Å². The molecule has 1 atom stereocenters. The number of esters is 1. The molecular weight excluding hydrogens is 739 g/mol. The molecule has 4 rings (SSSR count). The number of carbonyl (C=O) groups is 1. The van der Waals surface area contributed by atoms with E-state index < -0.39 is 12.0 Å². The number of halogens is 3. The van der Waals surface area contributed by atoms with Crippen LogP contribution in [0.15, 0.2) is 60.3 Å². The Labute approximate surface area is 247 Å². The third-order valence-corrected chi connectivity index (χ3v) is 8.61. The molecule has 11 heteroatoms. The maximum Gasteiger partial charge on any atom is 0.338 e. The zero-order valence-electron chi connectivity index (χ0n) is 20.2. The van der Waals surface area contributed by atoms with E-state index in [1.807, 2.05) is 41.6 Å². The first-order chi connectivity index (χ1) is 17.7. The maximum atomic E-state index is 13.9. The van der Waals surface area contributed by atoms with Gasteiger partial charge in [-0.2, -0.15) is 0 Å². The predicted molar refractivity (Wildman–Crippen MR) is 159 cm³/mol. The third kappa shape index (κ3) is 5.59. The summed E-state index contributed by atoms with van der Waals surface area (Å²) >= 11 is 10.2. The minimum atomic E-state index is -0.738. The molecule has 0 bridgehead atoms. The van der Waals surface area contributed by atoms with Crippen LogP contribution in [0.1, 0.15) is 43.9 Å². The summed E-state index contributed by atoms with van der Waals surface area (Å²) in [6.07, 6.45) is 2.97. The highest BCUT2D eigenvalue weighted by Gasteiger charge is 2.34. The molecule has 3 aromatic rings. The Balaban J connectivity index is 2.03. The van der Waals surface area contributed by atoms with Gasteiger partial charge >= 0.3 is 5.97 Å². The lowest BCUT2D eigenvalue weighted by molar-refractivity contribution is -0.139. The first kappa shape index (κ1) is 28.1. The van der Waals surface area contributed by atoms with Crippen LogP contribution >= 0.6 is 65.8 Å². The molecule has 1 aromatic heterocycles. The van der Waals surface area contributed by atoms with Crippen molar-refractivity contribution in [2.45, 2.75) is 32.7 Å². The Morgan fingerprint density at radius 2 is 2.03 bits per heavy atom. The molecule has 7 nitrogen and oxygen atoms in total. The number of hydrogen-bond acceptors (Lipinski definition) is 7. The lowest BCUT2D eigenvalue weighted by Gasteiger charge is -2.26. The number of aromatic nitrogens is 1. The highest BCUT2D eigenvalue weighted by atomic mass is 127. The van der Waals surface area contributed by atoms with E-state index >= 15 is 0 Å². The molecule has 0 saturated heterocycles. The lowest BCUT2D eigenvalue weighted by Crippen LogP contribution is -2.40. The van der Waals surface area contributed by atoms with Gasteiger partial charge in [0.2, 0.25) is 0 Å². The second-order valence-corrected chi connectivity index (χ2v) is 12.1. The van der Waals surface area contributed by atoms with Crippen molar-refractivity contribution in [3.63, 3.8) is 0 Å². The van der Waals surface area contributed by atoms with Crippen molar-refractivity contribution in [3.05, 3.63) is 84.9 Å². The first-order valence-corrected chi connectivity index (χ1v) is 14.9. The lowest BCUT2D eigenvalue weighted by atomic mass is 9.94. The molecule has 1 N–H and O–H groups in total. The number of hydrogen-bond donors (Lipinski definition) is 1. The second kappa shape index (κ2) is 11.8. The molecule has 0 spiro atoms. The average molecular weight is 762 g/mol. The van der Waals surface area contributed by atoms with Gasteiger partial charge in [-0.3, -0.25) is 9.36 Å². The summed E-state index contributed by atoms with van der Waals surface area (Å²) in [4.78, 5) is 32.4. The van der Waals surface area contributed by atoms with Crippen LogP contribution in [-0.4, -0.2) is 29.4 Å². The predicted octanol–water partition coefficient (Wildman–Crippen LogP) is 5.42. The van der Waals surface area contributed by atoms with E-state index in [1.54, 1.807) is 38.3 Å². The van der Waals surface area contributed by atoms with Crippen molar-refractivity contribution >= 4 is 77.8 Å². The fraction of sp³-hybridized carbons (Fsp3) is 0.269. The minimum absolute atomic E-state index is 0.0872. The van der Waals surface area contributed by atoms with Crippen LogP contribution < -0.4 is 19.6 Å². The molecule has 0 unspecified atom stereocenters. The highest BCUT2D eigenvalue weighted by molar-refractivity contribution is 14.1. The number of aromatic hydroxyl groups is 1. The van der Waals surface area contributed by atoms with Crippen LogP contribution in [0.2, 0.25) is 0 Å². The Hall–Kier alpha value is -1.96. The van der Waals surface area contributed by atoms with Gasteiger partial charge < -0.3 is 14.6 Å². The SMILES string of the molecule is CCCC1=C(C(=O)OCC)[C@H](c2ccc(OC)c(Br)c2)n2c(s/c(=C/c3cc(Br)cc(I)c3O)c2=O)=N1. The maximum absolute atomic E-state index is 13.9. The Morgan fingerprint density at radius 1 is 1.27 bits per heavy atom. The number of nitrogens with zero attached hydrogens (tertiary/aromatic N) is 2. The smallest absolute Gasteiger partial charge is 0.338 e. The Bertz CT molecular complexity index is 1600. The highest BCUT2D eigenvalue weighted by Crippen LogP contribution is 2.36. The number of carbonyl (C=O) groups excluding carboxylic acids is 1. The normalized spacial score (nSPS) is 15.4. The van der Waals surface area contributed by atoms with Gasteiger partial charge in [-0.25, -0.2) is 9.79 Å². The van der Waals surface area contributed by atoms with E-state index in [9.17, 15) is 14.7 Å². The van der Waals surface area contributed by atoms with Gasteiger partial charge in [0.05, 0.1) is 43.6 Å². The fourth-order valence-corrected chi connectivity index (χ4v) is 7.25. The molecule has 1 aliphatic rings. The molecule has 2 heterocycles. The van der Waals surface area contributed by atoms with Crippen LogP contribution in [0.3, 0.4) is 0 Å². The molecule has 194 valence electrons. The fourth-order valence-electron chi connectivity index (χ4n) is 4.13. The molecule has 1 aliphatic heterocycles. The number of methoxy groups -OCH3 is 1. The summed E-state index contributed by atoms with van der Waals surface area (Å²) in [6, 6.07) is 8.27. The van der Waals surface area contributed by atoms with Crippen molar-refractivity contribution < 1.29 is 19.4 Å². The van der Waals surface area contributed by atoms with Gasteiger partial charge in [0.15, 0.2) is 4.80 Å². The number of fused-ring (bicyclic) bond motifs is 1. The summed E-state index contributed by atoms with van der Waals surface area (Å²) in [5.41, 5.74) is 1.86. The van der Waals surface area contributed by atoms with Gasteiger partial charge in [-0.1, -0.05) is 46.7 Å². The zero-order valence-corrected chi connectivity index (χ0v) is 26.3. The summed E-state index contributed by atoms with van der Waals surface area (Å²) in [7, 11) is 1.57. The van der Waals surface area contributed by atoms with E-state index in [2.05, 4.69) is 31.9 Å². The molecule has 2 aromatic carbocycles. The van der Waals surface area contributed by atoms with Crippen LogP contribution in [0.4, 0.5) is 0 Å². The van der Waals surface area contributed by atoms with Gasteiger partial charge in [0.25, 0.3) is 5.56 Å². The molecule has 0 aliphatic carbocycles. The summed E-state index contributed by atoms with van der Waals surface area (Å²) in [5.74, 6) is 0.218. The topological polar surface area (TPSA) is 90.1 Å². The van der Waals surface area contributed by atoms with E-state index in [1.165, 1.54) is 15.9 Å². The quantitative estimate of drug-likeness (QED) is 0.257. The number of rotatable bonds is 7. The number of allylic oxidation sites excluding steroid dienone is 1. The van der Waals surface area contributed by atoms with E-state index in [4.69, 9.17) is 14.5 Å². The van der Waals surface area contributed by atoms with E-state index in [-0.39, 0.29) is 17.9 Å². The van der Waals surface area contributed by atoms with Crippen molar-refractivity contribution in [1.82, 2.24) is 4.57 Å². The van der Waals surface area contributed by atoms with Gasteiger partial charge in [0, 0.05) is 10.0 Å². The van der Waals surface area contributed by atoms with Gasteiger partial charge in [-0.15, -0.1) is 0 Å². The molecule has 0 radical (unpaired) electrons. The van der Waals surface area contributed by atoms with Gasteiger partial charge in [-0.05, 0) is 87.8 Å². The molecular formula is C26H23Br2IN2O5S. The van der Waals surface area contributed by atoms with E-state index in [0.29, 0.717) is 51.9 Å².